The molecule has 0 aromatic carbocycles. The zero-order valence-electron chi connectivity index (χ0n) is 12.8. The van der Waals surface area contributed by atoms with E-state index in [1.165, 1.54) is 19.4 Å². The minimum atomic E-state index is 0.0754. The number of anilines is 1. The summed E-state index contributed by atoms with van der Waals surface area (Å²) in [5.41, 5.74) is 3.18. The van der Waals surface area contributed by atoms with Gasteiger partial charge in [0.05, 0.1) is 6.61 Å². The minimum Gasteiger partial charge on any atom is -0.392 e. The summed E-state index contributed by atoms with van der Waals surface area (Å²) >= 11 is 0. The number of hydrogen-bond donors (Lipinski definition) is 1. The van der Waals surface area contributed by atoms with Gasteiger partial charge in [0.25, 0.3) is 0 Å². The highest BCUT2D eigenvalue weighted by Gasteiger charge is 2.35. The molecule has 0 aliphatic carbocycles. The standard InChI is InChI=1S/C16H25N3O/c1-11-7-12(2)17-16(15(11)10-20)19-9-14-5-4-6-18(14)8-13(19)3/h7,13-14,20H,4-6,8-10H2,1-3H3. The van der Waals surface area contributed by atoms with Crippen LogP contribution < -0.4 is 4.90 Å². The Hall–Kier alpha value is -1.13. The van der Waals surface area contributed by atoms with Gasteiger partial charge in [0, 0.05) is 36.4 Å². The van der Waals surface area contributed by atoms with Crippen molar-refractivity contribution in [2.45, 2.75) is 52.3 Å². The van der Waals surface area contributed by atoms with Gasteiger partial charge in [0.2, 0.25) is 0 Å². The SMILES string of the molecule is Cc1cc(C)c(CO)c(N2CC3CCCN3CC2C)n1. The summed E-state index contributed by atoms with van der Waals surface area (Å²) in [5.74, 6) is 1.00. The highest BCUT2D eigenvalue weighted by atomic mass is 16.3. The molecule has 2 aliphatic heterocycles. The van der Waals surface area contributed by atoms with E-state index in [9.17, 15) is 5.11 Å². The van der Waals surface area contributed by atoms with E-state index in [1.54, 1.807) is 0 Å². The fourth-order valence-corrected chi connectivity index (χ4v) is 3.76. The van der Waals surface area contributed by atoms with E-state index in [4.69, 9.17) is 4.98 Å². The maximum atomic E-state index is 9.72. The summed E-state index contributed by atoms with van der Waals surface area (Å²) in [6.07, 6.45) is 2.61. The number of piperazine rings is 1. The van der Waals surface area contributed by atoms with Gasteiger partial charge in [0.1, 0.15) is 5.82 Å². The number of aromatic nitrogens is 1. The van der Waals surface area contributed by atoms with E-state index >= 15 is 0 Å². The van der Waals surface area contributed by atoms with E-state index in [1.807, 2.05) is 6.92 Å². The van der Waals surface area contributed by atoms with Crippen LogP contribution in [-0.2, 0) is 6.61 Å². The molecular formula is C16H25N3O. The number of pyridine rings is 1. The largest absolute Gasteiger partial charge is 0.392 e. The predicted molar refractivity (Wildman–Crippen MR) is 81.0 cm³/mol. The average molecular weight is 275 g/mol. The molecular weight excluding hydrogens is 250 g/mol. The van der Waals surface area contributed by atoms with Crippen molar-refractivity contribution in [2.24, 2.45) is 0 Å². The van der Waals surface area contributed by atoms with Gasteiger partial charge in [-0.3, -0.25) is 4.90 Å². The Balaban J connectivity index is 1.95. The third-order valence-electron chi connectivity index (χ3n) is 4.82. The van der Waals surface area contributed by atoms with Crippen LogP contribution in [0, 0.1) is 13.8 Å². The van der Waals surface area contributed by atoms with E-state index in [0.717, 1.165) is 35.7 Å². The second kappa shape index (κ2) is 5.34. The number of nitrogens with zero attached hydrogens (tertiary/aromatic N) is 3. The normalized spacial score (nSPS) is 26.9. The molecule has 2 fully saturated rings. The molecule has 2 unspecified atom stereocenters. The minimum absolute atomic E-state index is 0.0754. The predicted octanol–water partition coefficient (Wildman–Crippen LogP) is 1.86. The Morgan fingerprint density at radius 3 is 2.90 bits per heavy atom. The highest BCUT2D eigenvalue weighted by Crippen LogP contribution is 2.31. The first-order valence-corrected chi connectivity index (χ1v) is 7.69. The van der Waals surface area contributed by atoms with Gasteiger partial charge in [-0.25, -0.2) is 4.98 Å². The Kier molecular flexibility index (Phi) is 3.69. The maximum Gasteiger partial charge on any atom is 0.134 e. The Morgan fingerprint density at radius 2 is 2.15 bits per heavy atom. The van der Waals surface area contributed by atoms with E-state index in [-0.39, 0.29) is 6.61 Å². The number of fused-ring (bicyclic) bond motifs is 1. The maximum absolute atomic E-state index is 9.72. The zero-order valence-corrected chi connectivity index (χ0v) is 12.8. The number of aryl methyl sites for hydroxylation is 2. The van der Waals surface area contributed by atoms with Crippen molar-refractivity contribution in [3.05, 3.63) is 22.9 Å². The molecule has 3 heterocycles. The lowest BCUT2D eigenvalue weighted by Crippen LogP contribution is -2.55. The van der Waals surface area contributed by atoms with Gasteiger partial charge in [-0.05, 0) is 51.8 Å². The summed E-state index contributed by atoms with van der Waals surface area (Å²) in [6, 6.07) is 3.19. The molecule has 0 spiro atoms. The number of rotatable bonds is 2. The summed E-state index contributed by atoms with van der Waals surface area (Å²) in [5, 5.41) is 9.72. The monoisotopic (exact) mass is 275 g/mol. The topological polar surface area (TPSA) is 39.6 Å². The molecule has 20 heavy (non-hydrogen) atoms. The smallest absolute Gasteiger partial charge is 0.134 e. The molecule has 2 aliphatic rings. The third kappa shape index (κ3) is 2.31. The van der Waals surface area contributed by atoms with Crippen molar-refractivity contribution in [3.8, 4) is 0 Å². The third-order valence-corrected chi connectivity index (χ3v) is 4.82. The number of hydrogen-bond acceptors (Lipinski definition) is 4. The average Bonchev–Trinajstić information content (AvgIpc) is 2.84. The number of aliphatic hydroxyl groups is 1. The Morgan fingerprint density at radius 1 is 1.35 bits per heavy atom. The van der Waals surface area contributed by atoms with E-state index in [0.29, 0.717) is 12.1 Å². The first kappa shape index (κ1) is 13.8. The molecule has 110 valence electrons. The fraction of sp³-hybridized carbons (Fsp3) is 0.688. The van der Waals surface area contributed by atoms with Crippen LogP contribution in [0.1, 0.15) is 36.6 Å². The zero-order chi connectivity index (χ0) is 14.3. The molecule has 0 amide bonds. The lowest BCUT2D eigenvalue weighted by molar-refractivity contribution is 0.201. The highest BCUT2D eigenvalue weighted by molar-refractivity contribution is 5.52. The lowest BCUT2D eigenvalue weighted by atomic mass is 10.0. The lowest BCUT2D eigenvalue weighted by Gasteiger charge is -2.43. The second-order valence-corrected chi connectivity index (χ2v) is 6.33. The number of aliphatic hydroxyl groups excluding tert-OH is 1. The van der Waals surface area contributed by atoms with Gasteiger partial charge >= 0.3 is 0 Å². The molecule has 4 nitrogen and oxygen atoms in total. The van der Waals surface area contributed by atoms with E-state index < -0.39 is 0 Å². The molecule has 2 atom stereocenters. The van der Waals surface area contributed by atoms with Crippen molar-refractivity contribution in [1.82, 2.24) is 9.88 Å². The van der Waals surface area contributed by atoms with Crippen molar-refractivity contribution in [2.75, 3.05) is 24.5 Å². The summed E-state index contributed by atoms with van der Waals surface area (Å²) in [7, 11) is 0. The van der Waals surface area contributed by atoms with Gasteiger partial charge < -0.3 is 10.0 Å². The first-order chi connectivity index (χ1) is 9.60. The molecule has 0 saturated carbocycles. The first-order valence-electron chi connectivity index (χ1n) is 7.69. The van der Waals surface area contributed by atoms with Crippen LogP contribution >= 0.6 is 0 Å². The van der Waals surface area contributed by atoms with Crippen molar-refractivity contribution < 1.29 is 5.11 Å². The quantitative estimate of drug-likeness (QED) is 0.894. The molecule has 1 aromatic rings. The van der Waals surface area contributed by atoms with Gasteiger partial charge in [-0.2, -0.15) is 0 Å². The molecule has 2 saturated heterocycles. The summed E-state index contributed by atoms with van der Waals surface area (Å²) in [4.78, 5) is 9.77. The van der Waals surface area contributed by atoms with Gasteiger partial charge in [-0.1, -0.05) is 0 Å². The fourth-order valence-electron chi connectivity index (χ4n) is 3.76. The van der Waals surface area contributed by atoms with Crippen LogP contribution in [0.2, 0.25) is 0 Å². The van der Waals surface area contributed by atoms with Crippen LogP contribution in [0.4, 0.5) is 5.82 Å². The van der Waals surface area contributed by atoms with Crippen molar-refractivity contribution in [3.63, 3.8) is 0 Å². The molecule has 1 aromatic heterocycles. The summed E-state index contributed by atoms with van der Waals surface area (Å²) in [6.45, 7) is 9.86. The van der Waals surface area contributed by atoms with Gasteiger partial charge in [0.15, 0.2) is 0 Å². The molecule has 0 bridgehead atoms. The molecule has 0 radical (unpaired) electrons. The van der Waals surface area contributed by atoms with E-state index in [2.05, 4.69) is 29.7 Å². The van der Waals surface area contributed by atoms with Crippen molar-refractivity contribution >= 4 is 5.82 Å². The van der Waals surface area contributed by atoms with Crippen LogP contribution in [0.5, 0.6) is 0 Å². The summed E-state index contributed by atoms with van der Waals surface area (Å²) < 4.78 is 0. The molecule has 1 N–H and O–H groups in total. The Bertz CT molecular complexity index is 503. The Labute approximate surface area is 121 Å². The van der Waals surface area contributed by atoms with Crippen LogP contribution in [0.15, 0.2) is 6.07 Å². The molecule has 4 heteroatoms. The molecule has 3 rings (SSSR count). The van der Waals surface area contributed by atoms with Crippen LogP contribution in [-0.4, -0.2) is 46.7 Å². The van der Waals surface area contributed by atoms with Crippen molar-refractivity contribution in [1.29, 1.82) is 0 Å². The van der Waals surface area contributed by atoms with Crippen LogP contribution in [0.3, 0.4) is 0 Å². The van der Waals surface area contributed by atoms with Crippen LogP contribution in [0.25, 0.3) is 0 Å². The second-order valence-electron chi connectivity index (χ2n) is 6.33. The van der Waals surface area contributed by atoms with Gasteiger partial charge in [-0.15, -0.1) is 0 Å².